The number of aromatic nitrogens is 1. The number of urea groups is 1. The monoisotopic (exact) mass is 736 g/mol. The van der Waals surface area contributed by atoms with E-state index in [1.54, 1.807) is 37.3 Å². The lowest BCUT2D eigenvalue weighted by atomic mass is 9.90. The van der Waals surface area contributed by atoms with Crippen molar-refractivity contribution < 1.29 is 23.8 Å². The molecule has 268 valence electrons. The van der Waals surface area contributed by atoms with Gasteiger partial charge in [-0.3, -0.25) is 19.5 Å². The van der Waals surface area contributed by atoms with E-state index in [9.17, 15) is 23.9 Å². The fraction of sp³-hybridized carbons (Fsp3) is 0.243. The van der Waals surface area contributed by atoms with Crippen molar-refractivity contribution in [3.63, 3.8) is 0 Å². The molecular weight excluding hydrogens is 698 g/mol. The Morgan fingerprint density at radius 1 is 1.02 bits per heavy atom. The van der Waals surface area contributed by atoms with Crippen molar-refractivity contribution >= 4 is 46.5 Å². The lowest BCUT2D eigenvalue weighted by molar-refractivity contribution is 0.0963. The summed E-state index contributed by atoms with van der Waals surface area (Å²) < 4.78 is 21.7. The van der Waals surface area contributed by atoms with Gasteiger partial charge in [0.1, 0.15) is 34.8 Å². The number of aromatic hydroxyl groups is 1. The van der Waals surface area contributed by atoms with E-state index in [1.165, 1.54) is 48.0 Å². The van der Waals surface area contributed by atoms with Crippen LogP contribution in [0.3, 0.4) is 0 Å². The Hall–Kier alpha value is -5.33. The molecule has 0 unspecified atom stereocenters. The number of phenolic OH excluding ortho intramolecular Hbond substituents is 1. The number of anilines is 1. The van der Waals surface area contributed by atoms with Crippen molar-refractivity contribution in [3.8, 4) is 17.2 Å². The van der Waals surface area contributed by atoms with Gasteiger partial charge in [0.05, 0.1) is 10.7 Å². The van der Waals surface area contributed by atoms with Gasteiger partial charge in [0, 0.05) is 53.8 Å². The number of ether oxygens (including phenoxy) is 1. The number of halogens is 3. The zero-order valence-electron chi connectivity index (χ0n) is 28.9. The molecule has 3 amide bonds. The van der Waals surface area contributed by atoms with E-state index >= 15 is 0 Å². The van der Waals surface area contributed by atoms with Crippen LogP contribution in [0.1, 0.15) is 53.5 Å². The number of phenols is 1. The summed E-state index contributed by atoms with van der Waals surface area (Å²) >= 11 is 12.6. The lowest BCUT2D eigenvalue weighted by Gasteiger charge is -2.20. The molecule has 11 nitrogen and oxygen atoms in total. The number of nitrogens with one attached hydrogen (secondary N) is 5. The fourth-order valence-electron chi connectivity index (χ4n) is 4.82. The highest BCUT2D eigenvalue weighted by Gasteiger charge is 2.19. The highest BCUT2D eigenvalue weighted by molar-refractivity contribution is 6.32. The predicted molar refractivity (Wildman–Crippen MR) is 198 cm³/mol. The maximum Gasteiger partial charge on any atom is 0.320 e. The molecule has 0 aliphatic carbocycles. The first-order chi connectivity index (χ1) is 24.0. The summed E-state index contributed by atoms with van der Waals surface area (Å²) in [6, 6.07) is 14.4. The number of carbonyl (C=O) groups excluding carboxylic acids is 2. The number of hydrogen-bond donors (Lipinski definition) is 6. The van der Waals surface area contributed by atoms with Crippen LogP contribution in [0.15, 0.2) is 77.4 Å². The third-order valence-electron chi connectivity index (χ3n) is 7.80. The van der Waals surface area contributed by atoms with E-state index < -0.39 is 22.8 Å². The SMILES string of the molecule is CNC(=O)c1ccc(C)c(-n2c(C)cc(OCc3ccc(F)cc3CNC(=O)N/C(=C/C(=N)C(C)(C)C)Nc3ccc(O)c(Cl)c3)c(Cl)c2=O)c1. The molecule has 0 aliphatic rings. The zero-order valence-corrected chi connectivity index (χ0v) is 30.4. The van der Waals surface area contributed by atoms with Gasteiger partial charge in [-0.25, -0.2) is 9.18 Å². The van der Waals surface area contributed by atoms with Crippen molar-refractivity contribution in [2.45, 2.75) is 47.8 Å². The zero-order chi connectivity index (χ0) is 37.6. The van der Waals surface area contributed by atoms with Crippen molar-refractivity contribution in [2.75, 3.05) is 12.4 Å². The molecule has 0 aliphatic heterocycles. The quantitative estimate of drug-likeness (QED) is 0.0698. The third kappa shape index (κ3) is 9.68. The highest BCUT2D eigenvalue weighted by atomic mass is 35.5. The molecule has 0 fully saturated rings. The summed E-state index contributed by atoms with van der Waals surface area (Å²) in [5, 5.41) is 29.1. The number of benzene rings is 3. The van der Waals surface area contributed by atoms with Crippen LogP contribution < -0.4 is 31.6 Å². The Bertz CT molecular complexity index is 2090. The minimum absolute atomic E-state index is 0.0934. The standard InChI is InChI=1S/C37H39Cl2FN6O5/c1-20-7-8-22(34(48)42-6)15-28(20)46-21(2)13-30(33(39)35(46)49)51-19-23-9-10-25(40)14-24(23)18-43-36(50)45-32(17-31(41)37(3,4)5)44-26-11-12-29(47)27(38)16-26/h7-17,41,44,47H,18-19H2,1-6H3,(H,42,48)(H2,43,45,50)/b32-17+,41-31?. The lowest BCUT2D eigenvalue weighted by Crippen LogP contribution is -2.37. The Kier molecular flexibility index (Phi) is 12.2. The van der Waals surface area contributed by atoms with Crippen molar-refractivity contribution in [3.05, 3.63) is 127 Å². The second kappa shape index (κ2) is 16.1. The Morgan fingerprint density at radius 3 is 2.41 bits per heavy atom. The summed E-state index contributed by atoms with van der Waals surface area (Å²) in [5.41, 5.74) is 2.63. The maximum atomic E-state index is 14.4. The molecule has 4 aromatic rings. The summed E-state index contributed by atoms with van der Waals surface area (Å²) in [5.74, 6) is -0.686. The summed E-state index contributed by atoms with van der Waals surface area (Å²) in [6.07, 6.45) is 1.46. The molecule has 1 aromatic heterocycles. The van der Waals surface area contributed by atoms with Crippen LogP contribution in [0, 0.1) is 30.5 Å². The molecule has 51 heavy (non-hydrogen) atoms. The van der Waals surface area contributed by atoms with Gasteiger partial charge in [-0.05, 0) is 73.0 Å². The smallest absolute Gasteiger partial charge is 0.320 e. The summed E-state index contributed by atoms with van der Waals surface area (Å²) in [4.78, 5) is 38.8. The van der Waals surface area contributed by atoms with Crippen LogP contribution in [0.5, 0.6) is 11.5 Å². The Balaban J connectivity index is 1.52. The van der Waals surface area contributed by atoms with Gasteiger partial charge >= 0.3 is 6.03 Å². The highest BCUT2D eigenvalue weighted by Crippen LogP contribution is 2.28. The van der Waals surface area contributed by atoms with Crippen molar-refractivity contribution in [1.82, 2.24) is 20.5 Å². The van der Waals surface area contributed by atoms with Crippen LogP contribution in [-0.4, -0.2) is 34.4 Å². The molecule has 1 heterocycles. The van der Waals surface area contributed by atoms with Gasteiger partial charge in [-0.1, -0.05) is 56.1 Å². The Labute approximate surface area is 305 Å². The van der Waals surface area contributed by atoms with E-state index in [1.807, 2.05) is 27.7 Å². The average Bonchev–Trinajstić information content (AvgIpc) is 3.07. The fourth-order valence-corrected chi connectivity index (χ4v) is 5.20. The van der Waals surface area contributed by atoms with Crippen molar-refractivity contribution in [2.24, 2.45) is 5.41 Å². The van der Waals surface area contributed by atoms with Gasteiger partial charge in [0.15, 0.2) is 0 Å². The van der Waals surface area contributed by atoms with Gasteiger partial charge in [-0.2, -0.15) is 0 Å². The number of nitrogens with zero attached hydrogens (tertiary/aromatic N) is 1. The number of aryl methyl sites for hydroxylation is 2. The van der Waals surface area contributed by atoms with E-state index in [0.29, 0.717) is 33.8 Å². The van der Waals surface area contributed by atoms with Crippen LogP contribution in [0.2, 0.25) is 10.0 Å². The number of amides is 3. The first-order valence-electron chi connectivity index (χ1n) is 15.7. The summed E-state index contributed by atoms with van der Waals surface area (Å²) in [6.45, 7) is 8.86. The second-order valence-electron chi connectivity index (χ2n) is 12.7. The van der Waals surface area contributed by atoms with Gasteiger partial charge in [0.2, 0.25) is 0 Å². The molecule has 3 aromatic carbocycles. The van der Waals surface area contributed by atoms with E-state index in [4.69, 9.17) is 33.3 Å². The number of rotatable bonds is 11. The minimum Gasteiger partial charge on any atom is -0.506 e. The molecule has 0 saturated heterocycles. The number of pyridine rings is 1. The van der Waals surface area contributed by atoms with Crippen LogP contribution in [-0.2, 0) is 13.2 Å². The normalized spacial score (nSPS) is 11.5. The van der Waals surface area contributed by atoms with Crippen molar-refractivity contribution in [1.29, 1.82) is 5.41 Å². The van der Waals surface area contributed by atoms with Gasteiger partial charge in [-0.15, -0.1) is 0 Å². The van der Waals surface area contributed by atoms with E-state index in [0.717, 1.165) is 5.56 Å². The molecule has 0 spiro atoms. The first-order valence-corrected chi connectivity index (χ1v) is 16.5. The number of carbonyl (C=O) groups is 2. The molecule has 0 atom stereocenters. The summed E-state index contributed by atoms with van der Waals surface area (Å²) in [7, 11) is 1.52. The average molecular weight is 738 g/mol. The largest absolute Gasteiger partial charge is 0.506 e. The number of hydrogen-bond acceptors (Lipinski definition) is 7. The van der Waals surface area contributed by atoms with Crippen LogP contribution >= 0.6 is 23.2 Å². The first kappa shape index (κ1) is 38.5. The van der Waals surface area contributed by atoms with Gasteiger partial charge < -0.3 is 31.2 Å². The van der Waals surface area contributed by atoms with Crippen LogP contribution in [0.25, 0.3) is 5.69 Å². The van der Waals surface area contributed by atoms with E-state index in [-0.39, 0.29) is 52.1 Å². The minimum atomic E-state index is -0.658. The maximum absolute atomic E-state index is 14.4. The van der Waals surface area contributed by atoms with Crippen LogP contribution in [0.4, 0.5) is 14.9 Å². The molecule has 6 N–H and O–H groups in total. The third-order valence-corrected chi connectivity index (χ3v) is 8.45. The van der Waals surface area contributed by atoms with Gasteiger partial charge in [0.25, 0.3) is 11.5 Å². The predicted octanol–water partition coefficient (Wildman–Crippen LogP) is 7.36. The molecule has 0 bridgehead atoms. The molecule has 4 rings (SSSR count). The second-order valence-corrected chi connectivity index (χ2v) is 13.5. The molecular formula is C37H39Cl2FN6O5. The molecule has 0 saturated carbocycles. The molecule has 14 heteroatoms. The topological polar surface area (TPSA) is 158 Å². The van der Waals surface area contributed by atoms with E-state index in [2.05, 4.69) is 21.3 Å². The number of allylic oxidation sites excluding steroid dienone is 1. The Morgan fingerprint density at radius 2 is 1.75 bits per heavy atom. The molecule has 0 radical (unpaired) electrons.